The molecule has 0 aromatic heterocycles. The van der Waals surface area contributed by atoms with Gasteiger partial charge in [0.05, 0.1) is 18.3 Å². The van der Waals surface area contributed by atoms with Gasteiger partial charge in [0.1, 0.15) is 11.9 Å². The molecule has 30 heavy (non-hydrogen) atoms. The summed E-state index contributed by atoms with van der Waals surface area (Å²) in [6, 6.07) is -1.36. The molecule has 1 unspecified atom stereocenters. The van der Waals surface area contributed by atoms with Crippen LogP contribution < -0.4 is 5.48 Å². The summed E-state index contributed by atoms with van der Waals surface area (Å²) in [5.41, 5.74) is 0.777. The van der Waals surface area contributed by atoms with Crippen LogP contribution in [0.3, 0.4) is 0 Å². The van der Waals surface area contributed by atoms with Crippen LogP contribution in [-0.2, 0) is 19.3 Å². The van der Waals surface area contributed by atoms with E-state index in [1.807, 2.05) is 0 Å². The molecule has 1 aliphatic heterocycles. The molecule has 2 rings (SSSR count). The zero-order valence-corrected chi connectivity index (χ0v) is 17.3. The monoisotopic (exact) mass is 453 g/mol. The Morgan fingerprint density at radius 3 is 2.47 bits per heavy atom. The molecular formula is C18H20ClF4N3O4. The summed E-state index contributed by atoms with van der Waals surface area (Å²) >= 11 is 6.14. The maximum atomic E-state index is 14.5. The van der Waals surface area contributed by atoms with Gasteiger partial charge in [0.2, 0.25) is 0 Å². The minimum absolute atomic E-state index is 0.0722. The quantitative estimate of drug-likeness (QED) is 0.379. The van der Waals surface area contributed by atoms with E-state index >= 15 is 0 Å². The number of nitrogens with one attached hydrogen (secondary N) is 1. The van der Waals surface area contributed by atoms with E-state index in [1.54, 1.807) is 0 Å². The fourth-order valence-electron chi connectivity index (χ4n) is 2.86. The summed E-state index contributed by atoms with van der Waals surface area (Å²) in [7, 11) is 5.12. The van der Waals surface area contributed by atoms with Gasteiger partial charge in [-0.1, -0.05) is 11.6 Å². The molecule has 1 aliphatic carbocycles. The number of amides is 1. The van der Waals surface area contributed by atoms with Crippen LogP contribution in [0.25, 0.3) is 0 Å². The summed E-state index contributed by atoms with van der Waals surface area (Å²) in [6.45, 7) is 0. The standard InChI is InChI=1S/C18H20ClF4N3O4/c1-25(2)8-9(16(27)18(21,22)23)15-13(17(28)26(3)29-4)14(24-30-15)12-10(19)6-5-7-11(12)20/h7-8,14,24H,5-6H2,1-4H3. The van der Waals surface area contributed by atoms with E-state index in [-0.39, 0.29) is 17.0 Å². The Balaban J connectivity index is 2.74. The van der Waals surface area contributed by atoms with E-state index in [4.69, 9.17) is 21.3 Å². The number of likely N-dealkylation sites (N-methyl/N-ethyl adjacent to an activating group) is 1. The van der Waals surface area contributed by atoms with Crippen LogP contribution in [-0.4, -0.2) is 62.1 Å². The maximum absolute atomic E-state index is 14.5. The summed E-state index contributed by atoms with van der Waals surface area (Å²) < 4.78 is 54.1. The van der Waals surface area contributed by atoms with Gasteiger partial charge < -0.3 is 9.74 Å². The number of ketones is 1. The number of carbonyl (C=O) groups excluding carboxylic acids is 2. The first-order chi connectivity index (χ1) is 13.9. The molecule has 2 aliphatic rings. The van der Waals surface area contributed by atoms with Crippen molar-refractivity contribution >= 4 is 23.3 Å². The number of Topliss-reactive ketones (excluding diaryl/α,β-unsaturated/α-hetero) is 1. The molecule has 1 heterocycles. The Kier molecular flexibility index (Phi) is 7.32. The van der Waals surface area contributed by atoms with Gasteiger partial charge in [-0.3, -0.25) is 14.4 Å². The largest absolute Gasteiger partial charge is 0.455 e. The molecule has 1 atom stereocenters. The molecule has 0 saturated carbocycles. The normalized spacial score (nSPS) is 20.2. The SMILES string of the molecule is CON(C)C(=O)C1=C(C(=CN(C)C)C(=O)C(F)(F)F)ONC1C1=C(Cl)CCC=C1F. The molecule has 12 heteroatoms. The molecule has 1 amide bonds. The van der Waals surface area contributed by atoms with Crippen LogP contribution in [0, 0.1) is 0 Å². The predicted octanol–water partition coefficient (Wildman–Crippen LogP) is 2.88. The van der Waals surface area contributed by atoms with Crippen molar-refractivity contribution in [2.24, 2.45) is 0 Å². The zero-order chi connectivity index (χ0) is 22.8. The van der Waals surface area contributed by atoms with Crippen molar-refractivity contribution in [1.82, 2.24) is 15.4 Å². The smallest absolute Gasteiger partial charge is 0.406 e. The van der Waals surface area contributed by atoms with Gasteiger partial charge >= 0.3 is 6.18 Å². The van der Waals surface area contributed by atoms with E-state index in [0.717, 1.165) is 13.3 Å². The summed E-state index contributed by atoms with van der Waals surface area (Å²) in [6.07, 6.45) is -2.57. The van der Waals surface area contributed by atoms with E-state index < -0.39 is 46.6 Å². The molecule has 166 valence electrons. The molecule has 0 aromatic carbocycles. The van der Waals surface area contributed by atoms with Crippen molar-refractivity contribution in [3.8, 4) is 0 Å². The first-order valence-electron chi connectivity index (χ1n) is 8.63. The molecular weight excluding hydrogens is 434 g/mol. The number of hydrogen-bond acceptors (Lipinski definition) is 6. The first kappa shape index (κ1) is 23.9. The Hall–Kier alpha value is -2.37. The fraction of sp³-hybridized carbons (Fsp3) is 0.444. The van der Waals surface area contributed by atoms with E-state index in [2.05, 4.69) is 5.48 Å². The van der Waals surface area contributed by atoms with Crippen LogP contribution in [0.15, 0.2) is 45.6 Å². The van der Waals surface area contributed by atoms with Crippen molar-refractivity contribution in [3.05, 3.63) is 45.6 Å². The number of nitrogens with zero attached hydrogens (tertiary/aromatic N) is 2. The van der Waals surface area contributed by atoms with Gasteiger partial charge in [0.15, 0.2) is 5.76 Å². The molecule has 0 fully saturated rings. The second-order valence-corrected chi connectivity index (χ2v) is 7.08. The van der Waals surface area contributed by atoms with Crippen LogP contribution in [0.2, 0.25) is 0 Å². The molecule has 0 radical (unpaired) electrons. The third-order valence-corrected chi connectivity index (χ3v) is 4.65. The van der Waals surface area contributed by atoms with Crippen molar-refractivity contribution in [2.75, 3.05) is 28.3 Å². The Bertz CT molecular complexity index is 862. The zero-order valence-electron chi connectivity index (χ0n) is 16.6. The highest BCUT2D eigenvalue weighted by Gasteiger charge is 2.47. The number of carbonyl (C=O) groups is 2. The van der Waals surface area contributed by atoms with E-state index in [0.29, 0.717) is 11.5 Å². The lowest BCUT2D eigenvalue weighted by atomic mass is 9.91. The third-order valence-electron chi connectivity index (χ3n) is 4.26. The van der Waals surface area contributed by atoms with Crippen LogP contribution in [0.4, 0.5) is 17.6 Å². The molecule has 1 N–H and O–H groups in total. The maximum Gasteiger partial charge on any atom is 0.455 e. The van der Waals surface area contributed by atoms with Crippen molar-refractivity contribution in [2.45, 2.75) is 25.1 Å². The minimum Gasteiger partial charge on any atom is -0.406 e. The van der Waals surface area contributed by atoms with Gasteiger partial charge in [0.25, 0.3) is 11.7 Å². The van der Waals surface area contributed by atoms with Gasteiger partial charge in [-0.2, -0.15) is 13.2 Å². The molecule has 0 saturated heterocycles. The van der Waals surface area contributed by atoms with Crippen LogP contribution in [0.1, 0.15) is 12.8 Å². The average molecular weight is 454 g/mol. The number of hydroxylamine groups is 3. The highest BCUT2D eigenvalue weighted by atomic mass is 35.5. The third kappa shape index (κ3) is 4.85. The predicted molar refractivity (Wildman–Crippen MR) is 98.9 cm³/mol. The van der Waals surface area contributed by atoms with Crippen molar-refractivity contribution in [3.63, 3.8) is 0 Å². The lowest BCUT2D eigenvalue weighted by molar-refractivity contribution is -0.166. The highest BCUT2D eigenvalue weighted by Crippen LogP contribution is 2.39. The van der Waals surface area contributed by atoms with Gasteiger partial charge in [-0.15, -0.1) is 5.48 Å². The Labute approximate surface area is 175 Å². The first-order valence-corrected chi connectivity index (χ1v) is 9.01. The fourth-order valence-corrected chi connectivity index (χ4v) is 3.17. The lowest BCUT2D eigenvalue weighted by Crippen LogP contribution is -2.36. The average Bonchev–Trinajstić information content (AvgIpc) is 3.07. The number of halogens is 5. The Morgan fingerprint density at radius 1 is 1.33 bits per heavy atom. The Morgan fingerprint density at radius 2 is 1.97 bits per heavy atom. The number of allylic oxidation sites excluding steroid dienone is 3. The van der Waals surface area contributed by atoms with Gasteiger partial charge in [-0.25, -0.2) is 9.45 Å². The van der Waals surface area contributed by atoms with Gasteiger partial charge in [0, 0.05) is 37.9 Å². The minimum atomic E-state index is -5.25. The van der Waals surface area contributed by atoms with Crippen LogP contribution >= 0.6 is 11.6 Å². The van der Waals surface area contributed by atoms with E-state index in [1.165, 1.54) is 32.1 Å². The highest BCUT2D eigenvalue weighted by molar-refractivity contribution is 6.30. The van der Waals surface area contributed by atoms with E-state index in [9.17, 15) is 27.2 Å². The van der Waals surface area contributed by atoms with Crippen molar-refractivity contribution in [1.29, 1.82) is 0 Å². The number of hydrogen-bond donors (Lipinski definition) is 1. The topological polar surface area (TPSA) is 71.1 Å². The van der Waals surface area contributed by atoms with Crippen molar-refractivity contribution < 1.29 is 36.8 Å². The molecule has 7 nitrogen and oxygen atoms in total. The number of alkyl halides is 3. The van der Waals surface area contributed by atoms with Gasteiger partial charge in [-0.05, 0) is 18.9 Å². The second kappa shape index (κ2) is 9.19. The summed E-state index contributed by atoms with van der Waals surface area (Å²) in [4.78, 5) is 36.1. The van der Waals surface area contributed by atoms with Crippen LogP contribution in [0.5, 0.6) is 0 Å². The molecule has 0 bridgehead atoms. The molecule has 0 aromatic rings. The summed E-state index contributed by atoms with van der Waals surface area (Å²) in [5.74, 6) is -4.63. The number of rotatable bonds is 6. The summed E-state index contributed by atoms with van der Waals surface area (Å²) in [5, 5.41) is 0.783. The second-order valence-electron chi connectivity index (χ2n) is 6.62. The lowest BCUT2D eigenvalue weighted by Gasteiger charge is -2.22. The molecule has 0 spiro atoms.